The van der Waals surface area contributed by atoms with E-state index in [1.165, 1.54) is 17.4 Å². The van der Waals surface area contributed by atoms with Gasteiger partial charge >= 0.3 is 0 Å². The molecule has 3 aromatic rings. The van der Waals surface area contributed by atoms with Crippen LogP contribution in [0.4, 0.5) is 10.1 Å². The van der Waals surface area contributed by atoms with Crippen LogP contribution in [0, 0.1) is 12.7 Å². The normalized spacial score (nSPS) is 10.5. The highest BCUT2D eigenvalue weighted by Crippen LogP contribution is 2.28. The molecule has 0 fully saturated rings. The molecule has 0 aliphatic rings. The summed E-state index contributed by atoms with van der Waals surface area (Å²) in [6, 6.07) is 18.3. The van der Waals surface area contributed by atoms with Crippen LogP contribution in [0.2, 0.25) is 0 Å². The number of amides is 1. The molecule has 0 saturated heterocycles. The molecule has 110 valence electrons. The van der Waals surface area contributed by atoms with Gasteiger partial charge < -0.3 is 5.32 Å². The van der Waals surface area contributed by atoms with Crippen molar-refractivity contribution < 1.29 is 9.18 Å². The van der Waals surface area contributed by atoms with Gasteiger partial charge in [-0.25, -0.2) is 4.39 Å². The molecule has 0 saturated carbocycles. The fraction of sp³-hybridized carbons (Fsp3) is 0.0556. The molecule has 0 radical (unpaired) electrons. The number of rotatable bonds is 3. The van der Waals surface area contributed by atoms with E-state index in [0.717, 1.165) is 10.4 Å². The number of thiophene rings is 1. The molecule has 2 aromatic carbocycles. The SMILES string of the molecule is Cc1ccc(NC(=O)c2ccc(-c3ccccc3)s2)cc1F. The Morgan fingerprint density at radius 3 is 2.55 bits per heavy atom. The zero-order valence-electron chi connectivity index (χ0n) is 12.0. The van der Waals surface area contributed by atoms with Crippen molar-refractivity contribution in [2.45, 2.75) is 6.92 Å². The second-order valence-corrected chi connectivity index (χ2v) is 6.03. The van der Waals surface area contributed by atoms with Gasteiger partial charge in [0.2, 0.25) is 0 Å². The summed E-state index contributed by atoms with van der Waals surface area (Å²) < 4.78 is 13.5. The van der Waals surface area contributed by atoms with E-state index in [0.29, 0.717) is 16.1 Å². The van der Waals surface area contributed by atoms with Crippen LogP contribution in [0.5, 0.6) is 0 Å². The topological polar surface area (TPSA) is 29.1 Å². The number of hydrogen-bond acceptors (Lipinski definition) is 2. The summed E-state index contributed by atoms with van der Waals surface area (Å²) in [5.74, 6) is -0.551. The highest BCUT2D eigenvalue weighted by atomic mass is 32.1. The number of benzene rings is 2. The Morgan fingerprint density at radius 1 is 1.05 bits per heavy atom. The van der Waals surface area contributed by atoms with Crippen LogP contribution in [0.1, 0.15) is 15.2 Å². The molecular weight excluding hydrogens is 297 g/mol. The lowest BCUT2D eigenvalue weighted by molar-refractivity contribution is 0.103. The van der Waals surface area contributed by atoms with Crippen molar-refractivity contribution in [3.05, 3.63) is 76.9 Å². The predicted octanol–water partition coefficient (Wildman–Crippen LogP) is 5.11. The molecule has 4 heteroatoms. The third-order valence-electron chi connectivity index (χ3n) is 3.32. The molecule has 1 amide bonds. The molecule has 3 rings (SSSR count). The van der Waals surface area contributed by atoms with Crippen LogP contribution in [0.15, 0.2) is 60.7 Å². The largest absolute Gasteiger partial charge is 0.321 e. The van der Waals surface area contributed by atoms with Gasteiger partial charge in [0.25, 0.3) is 5.91 Å². The van der Waals surface area contributed by atoms with Crippen LogP contribution in [0.25, 0.3) is 10.4 Å². The number of carbonyl (C=O) groups is 1. The lowest BCUT2D eigenvalue weighted by atomic mass is 10.2. The van der Waals surface area contributed by atoms with E-state index in [1.807, 2.05) is 36.4 Å². The van der Waals surface area contributed by atoms with E-state index in [4.69, 9.17) is 0 Å². The second kappa shape index (κ2) is 6.12. The number of halogens is 1. The minimum Gasteiger partial charge on any atom is -0.321 e. The van der Waals surface area contributed by atoms with Crippen molar-refractivity contribution in [3.8, 4) is 10.4 Å². The smallest absolute Gasteiger partial charge is 0.265 e. The van der Waals surface area contributed by atoms with Crippen molar-refractivity contribution in [1.29, 1.82) is 0 Å². The summed E-state index contributed by atoms with van der Waals surface area (Å²) in [7, 11) is 0. The Labute approximate surface area is 132 Å². The highest BCUT2D eigenvalue weighted by molar-refractivity contribution is 7.17. The van der Waals surface area contributed by atoms with E-state index >= 15 is 0 Å². The van der Waals surface area contributed by atoms with Crippen molar-refractivity contribution in [2.24, 2.45) is 0 Å². The van der Waals surface area contributed by atoms with Crippen LogP contribution >= 0.6 is 11.3 Å². The van der Waals surface area contributed by atoms with E-state index < -0.39 is 0 Å². The van der Waals surface area contributed by atoms with Gasteiger partial charge in [0.05, 0.1) is 4.88 Å². The summed E-state index contributed by atoms with van der Waals surface area (Å²) in [5.41, 5.74) is 2.09. The molecule has 0 unspecified atom stereocenters. The van der Waals surface area contributed by atoms with Crippen molar-refractivity contribution in [1.82, 2.24) is 0 Å². The molecule has 1 heterocycles. The molecular formula is C18H14FNOS. The van der Waals surface area contributed by atoms with Crippen LogP contribution in [-0.2, 0) is 0 Å². The summed E-state index contributed by atoms with van der Waals surface area (Å²) in [6.07, 6.45) is 0. The molecule has 0 atom stereocenters. The first-order chi connectivity index (χ1) is 10.6. The number of hydrogen-bond donors (Lipinski definition) is 1. The Kier molecular flexibility index (Phi) is 4.02. The quantitative estimate of drug-likeness (QED) is 0.715. The molecule has 0 aliphatic carbocycles. The van der Waals surface area contributed by atoms with Crippen LogP contribution in [0.3, 0.4) is 0 Å². The molecule has 0 bridgehead atoms. The van der Waals surface area contributed by atoms with E-state index in [-0.39, 0.29) is 11.7 Å². The minimum absolute atomic E-state index is 0.226. The average molecular weight is 311 g/mol. The summed E-state index contributed by atoms with van der Waals surface area (Å²) in [5, 5.41) is 2.72. The Balaban J connectivity index is 1.78. The Hall–Kier alpha value is -2.46. The maximum Gasteiger partial charge on any atom is 0.265 e. The van der Waals surface area contributed by atoms with E-state index in [9.17, 15) is 9.18 Å². The van der Waals surface area contributed by atoms with Crippen LogP contribution in [-0.4, -0.2) is 5.91 Å². The minimum atomic E-state index is -0.325. The van der Waals surface area contributed by atoms with Gasteiger partial charge in [0.15, 0.2) is 0 Å². The Bertz CT molecular complexity index is 811. The molecule has 0 spiro atoms. The van der Waals surface area contributed by atoms with Gasteiger partial charge in [0.1, 0.15) is 5.82 Å². The van der Waals surface area contributed by atoms with Crippen molar-refractivity contribution >= 4 is 22.9 Å². The second-order valence-electron chi connectivity index (χ2n) is 4.95. The van der Waals surface area contributed by atoms with Gasteiger partial charge in [-0.3, -0.25) is 4.79 Å². The van der Waals surface area contributed by atoms with Gasteiger partial charge in [-0.1, -0.05) is 36.4 Å². The first kappa shape index (κ1) is 14.5. The number of aryl methyl sites for hydroxylation is 1. The summed E-state index contributed by atoms with van der Waals surface area (Å²) in [4.78, 5) is 13.9. The zero-order valence-corrected chi connectivity index (χ0v) is 12.8. The van der Waals surface area contributed by atoms with Gasteiger partial charge in [-0.15, -0.1) is 11.3 Å². The molecule has 2 nitrogen and oxygen atoms in total. The van der Waals surface area contributed by atoms with Gasteiger partial charge in [-0.05, 0) is 42.3 Å². The molecule has 1 aromatic heterocycles. The first-order valence-electron chi connectivity index (χ1n) is 6.86. The predicted molar refractivity (Wildman–Crippen MR) is 88.8 cm³/mol. The standard InChI is InChI=1S/C18H14FNOS/c1-12-7-8-14(11-15(12)19)20-18(21)17-10-9-16(22-17)13-5-3-2-4-6-13/h2-11H,1H3,(H,20,21). The van der Waals surface area contributed by atoms with E-state index in [1.54, 1.807) is 25.1 Å². The average Bonchev–Trinajstić information content (AvgIpc) is 3.02. The van der Waals surface area contributed by atoms with Crippen LogP contribution < -0.4 is 5.32 Å². The Morgan fingerprint density at radius 2 is 1.82 bits per heavy atom. The molecule has 0 aliphatic heterocycles. The number of nitrogens with one attached hydrogen (secondary N) is 1. The third kappa shape index (κ3) is 3.07. The first-order valence-corrected chi connectivity index (χ1v) is 7.68. The van der Waals surface area contributed by atoms with Crippen molar-refractivity contribution in [2.75, 3.05) is 5.32 Å². The van der Waals surface area contributed by atoms with Gasteiger partial charge in [0, 0.05) is 10.6 Å². The lowest BCUT2D eigenvalue weighted by Crippen LogP contribution is -2.10. The summed E-state index contributed by atoms with van der Waals surface area (Å²) >= 11 is 1.41. The monoisotopic (exact) mass is 311 g/mol. The molecule has 1 N–H and O–H groups in total. The lowest BCUT2D eigenvalue weighted by Gasteiger charge is -2.04. The van der Waals surface area contributed by atoms with Gasteiger partial charge in [-0.2, -0.15) is 0 Å². The number of carbonyl (C=O) groups excluding carboxylic acids is 1. The maximum absolute atomic E-state index is 13.5. The van der Waals surface area contributed by atoms with Crippen molar-refractivity contribution in [3.63, 3.8) is 0 Å². The highest BCUT2D eigenvalue weighted by Gasteiger charge is 2.11. The third-order valence-corrected chi connectivity index (χ3v) is 4.45. The zero-order chi connectivity index (χ0) is 15.5. The summed E-state index contributed by atoms with van der Waals surface area (Å²) in [6.45, 7) is 1.69. The fourth-order valence-electron chi connectivity index (χ4n) is 2.08. The maximum atomic E-state index is 13.5. The fourth-order valence-corrected chi connectivity index (χ4v) is 2.99. The molecule has 22 heavy (non-hydrogen) atoms. The van der Waals surface area contributed by atoms with E-state index in [2.05, 4.69) is 5.32 Å². The number of anilines is 1.